The highest BCUT2D eigenvalue weighted by Crippen LogP contribution is 2.57. The van der Waals surface area contributed by atoms with Gasteiger partial charge in [-0.15, -0.1) is 0 Å². The lowest BCUT2D eigenvalue weighted by Crippen LogP contribution is -2.56. The molecule has 0 amide bonds. The summed E-state index contributed by atoms with van der Waals surface area (Å²) in [5, 5.41) is 33.5. The lowest BCUT2D eigenvalue weighted by Gasteiger charge is -2.37. The van der Waals surface area contributed by atoms with Crippen LogP contribution in [0.3, 0.4) is 0 Å². The Bertz CT molecular complexity index is 1150. The predicted octanol–water partition coefficient (Wildman–Crippen LogP) is 7.11. The number of halogens is 19. The van der Waals surface area contributed by atoms with Gasteiger partial charge < -0.3 is 20.4 Å². The third-order valence-electron chi connectivity index (χ3n) is 4.87. The lowest BCUT2D eigenvalue weighted by atomic mass is 9.82. The van der Waals surface area contributed by atoms with E-state index in [1.54, 1.807) is 0 Å². The van der Waals surface area contributed by atoms with Gasteiger partial charge in [0.25, 0.3) is 11.2 Å². The average Bonchev–Trinajstić information content (AvgIpc) is 2.84. The molecule has 0 saturated carbocycles. The molecule has 0 fully saturated rings. The maximum atomic E-state index is 14.0. The molecule has 1 aromatic carbocycles. The van der Waals surface area contributed by atoms with Gasteiger partial charge in [-0.05, 0) is 18.2 Å². The van der Waals surface area contributed by atoms with Crippen molar-refractivity contribution in [2.75, 3.05) is 0 Å². The Morgan fingerprint density at radius 1 is 0.478 bits per heavy atom. The van der Waals surface area contributed by atoms with Crippen molar-refractivity contribution >= 4 is 11.9 Å². The number of carboxylic acids is 2. The second kappa shape index (κ2) is 13.5. The lowest BCUT2D eigenvalue weighted by molar-refractivity contribution is -0.379. The molecule has 25 heteroatoms. The summed E-state index contributed by atoms with van der Waals surface area (Å²) in [5.74, 6) is -16.7. The minimum Gasteiger partial charge on any atom is -0.478 e. The number of aliphatic carboxylic acids is 2. The zero-order chi connectivity index (χ0) is 37.9. The molecule has 266 valence electrons. The quantitative estimate of drug-likeness (QED) is 0.184. The summed E-state index contributed by atoms with van der Waals surface area (Å²) in [7, 11) is 0. The van der Waals surface area contributed by atoms with Gasteiger partial charge in [0.15, 0.2) is 0 Å². The van der Waals surface area contributed by atoms with Crippen LogP contribution in [-0.2, 0) is 26.7 Å². The van der Waals surface area contributed by atoms with Crippen LogP contribution in [0.1, 0.15) is 16.7 Å². The predicted molar refractivity (Wildman–Crippen MR) is 109 cm³/mol. The molecule has 1 aromatic rings. The van der Waals surface area contributed by atoms with Crippen LogP contribution in [0, 0.1) is 0 Å². The Kier molecular flexibility index (Phi) is 13.0. The van der Waals surface area contributed by atoms with E-state index >= 15 is 0 Å². The van der Waals surface area contributed by atoms with E-state index < -0.39 is 101 Å². The van der Waals surface area contributed by atoms with Gasteiger partial charge in [-0.3, -0.25) is 0 Å². The first-order valence-corrected chi connectivity index (χ1v) is 10.3. The van der Waals surface area contributed by atoms with E-state index in [1.807, 2.05) is 0 Å². The molecule has 0 aliphatic carbocycles. The average molecular weight is 722 g/mol. The fourth-order valence-corrected chi connectivity index (χ4v) is 2.56. The topological polar surface area (TPSA) is 115 Å². The highest BCUT2D eigenvalue weighted by molar-refractivity contribution is 5.79. The number of hydrogen-bond donors (Lipinski definition) is 4. The van der Waals surface area contributed by atoms with Crippen LogP contribution in [-0.4, -0.2) is 69.2 Å². The maximum absolute atomic E-state index is 14.0. The first-order chi connectivity index (χ1) is 19.9. The van der Waals surface area contributed by atoms with E-state index in [0.29, 0.717) is 0 Å². The monoisotopic (exact) mass is 722 g/mol. The first-order valence-electron chi connectivity index (χ1n) is 10.3. The van der Waals surface area contributed by atoms with Crippen LogP contribution in [0.15, 0.2) is 43.5 Å². The first kappa shape index (κ1) is 44.4. The third kappa shape index (κ3) is 8.73. The van der Waals surface area contributed by atoms with Crippen LogP contribution < -0.4 is 0 Å². The number of hydrogen-bond acceptors (Lipinski definition) is 4. The Hall–Kier alpha value is -3.77. The Morgan fingerprint density at radius 3 is 0.826 bits per heavy atom. The minimum atomic E-state index is -7.53. The van der Waals surface area contributed by atoms with Crippen molar-refractivity contribution < 1.29 is 113 Å². The van der Waals surface area contributed by atoms with Crippen molar-refractivity contribution in [2.24, 2.45) is 0 Å². The fraction of sp³-hybridized carbons (Fsp3) is 0.429. The van der Waals surface area contributed by atoms with Gasteiger partial charge in [0, 0.05) is 28.8 Å². The van der Waals surface area contributed by atoms with Crippen molar-refractivity contribution in [1.82, 2.24) is 0 Å². The number of rotatable bonds is 6. The van der Waals surface area contributed by atoms with Crippen molar-refractivity contribution in [2.45, 2.75) is 53.9 Å². The molecule has 0 radical (unpaired) electrons. The summed E-state index contributed by atoms with van der Waals surface area (Å²) >= 11 is 0. The number of aliphatic hydroxyl groups is 2. The van der Waals surface area contributed by atoms with Crippen LogP contribution in [0.25, 0.3) is 0 Å². The number of carboxylic acid groups (broad SMARTS) is 2. The highest BCUT2D eigenvalue weighted by Gasteiger charge is 2.77. The van der Waals surface area contributed by atoms with E-state index in [4.69, 9.17) is 20.4 Å². The summed E-state index contributed by atoms with van der Waals surface area (Å²) in [5.41, 5.74) is -24.2. The number of carbonyl (C=O) groups is 2. The van der Waals surface area contributed by atoms with Crippen molar-refractivity contribution in [3.63, 3.8) is 0 Å². The summed E-state index contributed by atoms with van der Waals surface area (Å²) in [6, 6.07) is -4.97. The molecule has 0 heterocycles. The van der Waals surface area contributed by atoms with Gasteiger partial charge >= 0.3 is 54.7 Å². The number of alkyl halides is 19. The van der Waals surface area contributed by atoms with Gasteiger partial charge in [0.05, 0.1) is 0 Å². The second-order valence-electron chi connectivity index (χ2n) is 7.94. The fourth-order valence-electron chi connectivity index (χ4n) is 2.56. The molecular formula is C21H13F19O6. The molecule has 4 N–H and O–H groups in total. The van der Waals surface area contributed by atoms with E-state index in [0.717, 1.165) is 12.2 Å². The molecular weight excluding hydrogens is 709 g/mol. The molecule has 6 nitrogen and oxygen atoms in total. The summed E-state index contributed by atoms with van der Waals surface area (Å²) in [4.78, 5) is 18.5. The third-order valence-corrected chi connectivity index (χ3v) is 4.87. The van der Waals surface area contributed by atoms with Crippen LogP contribution in [0.5, 0.6) is 0 Å². The molecule has 0 aromatic heterocycles. The zero-order valence-corrected chi connectivity index (χ0v) is 21.1. The molecule has 0 aliphatic heterocycles. The van der Waals surface area contributed by atoms with Gasteiger partial charge in [0.2, 0.25) is 0 Å². The maximum Gasteiger partial charge on any atom is 0.460 e. The smallest absolute Gasteiger partial charge is 0.460 e. The van der Waals surface area contributed by atoms with E-state index in [2.05, 4.69) is 13.2 Å². The summed E-state index contributed by atoms with van der Waals surface area (Å²) in [6.45, 7) is 5.92. The van der Waals surface area contributed by atoms with Gasteiger partial charge in [-0.2, -0.15) is 83.4 Å². The molecule has 0 saturated heterocycles. The minimum absolute atomic E-state index is 0.833. The van der Waals surface area contributed by atoms with E-state index in [9.17, 15) is 93.0 Å². The Labute approximate surface area is 240 Å². The zero-order valence-electron chi connectivity index (χ0n) is 21.1. The molecule has 0 aliphatic rings. The second-order valence-corrected chi connectivity index (χ2v) is 7.94. The van der Waals surface area contributed by atoms with E-state index in [1.165, 1.54) is 0 Å². The molecule has 1 rings (SSSR count). The van der Waals surface area contributed by atoms with Crippen molar-refractivity contribution in [3.05, 3.63) is 60.2 Å². The standard InChI is InChI=1S/C15H5F19O2.2C3H4O2/c16-9(17,10(18,19)15(32,33)34)6-2-4(7(35,11(20,21)22)12(23,24)25)1-5(3-6)8(36,13(26,27)28)14(29,30)31;2*1-2-3(4)5/h1-3,35-36H;2*2H,1H2,(H,4,5). The molecule has 0 spiro atoms. The van der Waals surface area contributed by atoms with Crippen molar-refractivity contribution in [1.29, 1.82) is 0 Å². The molecule has 46 heavy (non-hydrogen) atoms. The molecule has 0 atom stereocenters. The SMILES string of the molecule is C=CC(=O)O.C=CC(=O)O.OC(c1cc(C(F)(F)C(F)(F)C(F)(F)F)cc(C(O)(C(F)(F)F)C(F)(F)F)c1)(C(F)(F)F)C(F)(F)F. The van der Waals surface area contributed by atoms with Crippen LogP contribution in [0.4, 0.5) is 83.4 Å². The largest absolute Gasteiger partial charge is 0.478 e. The Morgan fingerprint density at radius 2 is 0.674 bits per heavy atom. The highest BCUT2D eigenvalue weighted by atomic mass is 19.4. The van der Waals surface area contributed by atoms with Crippen molar-refractivity contribution in [3.8, 4) is 0 Å². The summed E-state index contributed by atoms with van der Waals surface area (Å²) < 4.78 is 248. The number of benzene rings is 1. The van der Waals surface area contributed by atoms with Crippen LogP contribution >= 0.6 is 0 Å². The van der Waals surface area contributed by atoms with Gasteiger partial charge in [-0.1, -0.05) is 13.2 Å². The molecule has 0 unspecified atom stereocenters. The Balaban J connectivity index is 0. The van der Waals surface area contributed by atoms with E-state index in [-0.39, 0.29) is 0 Å². The van der Waals surface area contributed by atoms with Gasteiger partial charge in [0.1, 0.15) is 0 Å². The normalized spacial score (nSPS) is 13.8. The van der Waals surface area contributed by atoms with Crippen LogP contribution in [0.2, 0.25) is 0 Å². The summed E-state index contributed by atoms with van der Waals surface area (Å²) in [6.07, 6.45) is -34.8. The molecule has 0 bridgehead atoms. The van der Waals surface area contributed by atoms with Gasteiger partial charge in [-0.25, -0.2) is 9.59 Å².